The monoisotopic (exact) mass is 174 g/mol. The first-order valence-corrected chi connectivity index (χ1v) is 5.39. The Bertz CT molecular complexity index is 151. The predicted molar refractivity (Wildman–Crippen MR) is 31.2 cm³/mol. The minimum Gasteiger partial charge on any atom is -0.332 e. The SMILES string of the molecule is O=P(O)(O)BP(=O)(O)O. The van der Waals surface area contributed by atoms with Crippen LogP contribution in [0.4, 0.5) is 0 Å². The molecule has 0 atom stereocenters. The van der Waals surface area contributed by atoms with Gasteiger partial charge in [0.15, 0.2) is 0 Å². The standard InChI is InChI=1S/BH5O6P2/c2-8(3,4)1-9(5,6)7/h1H,(H2,2,3,4)(H2,5,6,7). The van der Waals surface area contributed by atoms with Gasteiger partial charge in [0, 0.05) is 0 Å². The van der Waals surface area contributed by atoms with Crippen LogP contribution in [-0.2, 0) is 9.13 Å². The van der Waals surface area contributed by atoms with Crippen molar-refractivity contribution in [3.63, 3.8) is 0 Å². The topological polar surface area (TPSA) is 115 Å². The van der Waals surface area contributed by atoms with Crippen molar-refractivity contribution < 1.29 is 28.7 Å². The fraction of sp³-hybridized carbons (Fsp3) is 0. The Balaban J connectivity index is 4.07. The lowest BCUT2D eigenvalue weighted by Crippen LogP contribution is -1.93. The molecule has 9 heavy (non-hydrogen) atoms. The van der Waals surface area contributed by atoms with Crippen LogP contribution in [0.15, 0.2) is 0 Å². The third-order valence-electron chi connectivity index (χ3n) is 0.368. The van der Waals surface area contributed by atoms with Crippen molar-refractivity contribution in [2.24, 2.45) is 0 Å². The smallest absolute Gasteiger partial charge is 0.332 e. The van der Waals surface area contributed by atoms with E-state index in [2.05, 4.69) is 0 Å². The predicted octanol–water partition coefficient (Wildman–Crippen LogP) is -1.39. The molecule has 0 saturated carbocycles. The van der Waals surface area contributed by atoms with Gasteiger partial charge in [-0.1, -0.05) is 0 Å². The summed E-state index contributed by atoms with van der Waals surface area (Å²) in [6.07, 6.45) is 0. The normalized spacial score (nSPS) is 13.3. The lowest BCUT2D eigenvalue weighted by atomic mass is 10.7. The Morgan fingerprint density at radius 3 is 1.11 bits per heavy atom. The van der Waals surface area contributed by atoms with Crippen LogP contribution >= 0.6 is 14.9 Å². The van der Waals surface area contributed by atoms with Gasteiger partial charge in [0.05, 0.1) is 0 Å². The van der Waals surface area contributed by atoms with Crippen molar-refractivity contribution in [3.05, 3.63) is 0 Å². The van der Waals surface area contributed by atoms with Gasteiger partial charge in [0.25, 0.3) is 14.9 Å². The van der Waals surface area contributed by atoms with Gasteiger partial charge in [0.2, 0.25) is 0 Å². The quantitative estimate of drug-likeness (QED) is 0.302. The zero-order valence-electron chi connectivity index (χ0n) is 4.21. The summed E-state index contributed by atoms with van der Waals surface area (Å²) in [4.78, 5) is 31.9. The average molecular weight is 174 g/mol. The molecule has 0 unspecified atom stereocenters. The second kappa shape index (κ2) is 2.54. The van der Waals surface area contributed by atoms with E-state index in [0.29, 0.717) is 0 Å². The van der Waals surface area contributed by atoms with Gasteiger partial charge in [-0.2, -0.15) is 0 Å². The highest BCUT2D eigenvalue weighted by molar-refractivity contribution is 8.11. The first-order valence-electron chi connectivity index (χ1n) is 1.80. The summed E-state index contributed by atoms with van der Waals surface area (Å²) >= 11 is 0. The summed E-state index contributed by atoms with van der Waals surface area (Å²) in [6, 6.07) is 0. The first kappa shape index (κ1) is 9.36. The molecular weight excluding hydrogens is 169 g/mol. The maximum atomic E-state index is 9.85. The molecule has 0 aromatic rings. The molecule has 0 saturated heterocycles. The first-order chi connectivity index (χ1) is 3.71. The second-order valence-electron chi connectivity index (χ2n) is 1.47. The zero-order chi connectivity index (χ0) is 7.71. The molecule has 0 amide bonds. The van der Waals surface area contributed by atoms with Gasteiger partial charge >= 0.3 is 6.72 Å². The minimum atomic E-state index is -4.55. The molecule has 0 radical (unpaired) electrons. The summed E-state index contributed by atoms with van der Waals surface area (Å²) < 4.78 is 19.7. The zero-order valence-corrected chi connectivity index (χ0v) is 6.00. The van der Waals surface area contributed by atoms with E-state index in [9.17, 15) is 9.13 Å². The number of rotatable bonds is 2. The highest BCUT2D eigenvalue weighted by atomic mass is 31.2. The molecule has 0 heterocycles. The van der Waals surface area contributed by atoms with Crippen LogP contribution in [-0.4, -0.2) is 26.3 Å². The van der Waals surface area contributed by atoms with Crippen LogP contribution in [0.5, 0.6) is 0 Å². The summed E-state index contributed by atoms with van der Waals surface area (Å²) in [5, 5.41) is 0. The van der Waals surface area contributed by atoms with Crippen LogP contribution in [0.2, 0.25) is 0 Å². The van der Waals surface area contributed by atoms with E-state index in [0.717, 1.165) is 0 Å². The van der Waals surface area contributed by atoms with Gasteiger partial charge in [-0.15, -0.1) is 0 Å². The Morgan fingerprint density at radius 2 is 1.11 bits per heavy atom. The van der Waals surface area contributed by atoms with Crippen molar-refractivity contribution in [1.82, 2.24) is 0 Å². The molecule has 0 aromatic carbocycles. The fourth-order valence-corrected chi connectivity index (χ4v) is 2.16. The largest absolute Gasteiger partial charge is 0.410 e. The van der Waals surface area contributed by atoms with Crippen LogP contribution in [0.25, 0.3) is 0 Å². The van der Waals surface area contributed by atoms with Crippen LogP contribution < -0.4 is 0 Å². The maximum Gasteiger partial charge on any atom is 0.410 e. The molecule has 0 aliphatic rings. The van der Waals surface area contributed by atoms with E-state index in [1.165, 1.54) is 0 Å². The van der Waals surface area contributed by atoms with Gasteiger partial charge in [-0.3, -0.25) is 9.13 Å². The van der Waals surface area contributed by atoms with Crippen molar-refractivity contribution in [1.29, 1.82) is 0 Å². The lowest BCUT2D eigenvalue weighted by Gasteiger charge is -2.01. The van der Waals surface area contributed by atoms with Gasteiger partial charge in [0.1, 0.15) is 0 Å². The number of hydrogen-bond acceptors (Lipinski definition) is 2. The summed E-state index contributed by atoms with van der Waals surface area (Å²) in [5.41, 5.74) is 0. The van der Waals surface area contributed by atoms with E-state index >= 15 is 0 Å². The summed E-state index contributed by atoms with van der Waals surface area (Å²) in [7, 11) is -9.10. The highest BCUT2D eigenvalue weighted by Crippen LogP contribution is 2.48. The molecule has 0 spiro atoms. The van der Waals surface area contributed by atoms with Crippen LogP contribution in [0, 0.1) is 0 Å². The molecular formula is H5BO6P2. The van der Waals surface area contributed by atoms with Crippen LogP contribution in [0.1, 0.15) is 0 Å². The molecule has 6 nitrogen and oxygen atoms in total. The fourth-order valence-electron chi connectivity index (χ4n) is 0.240. The second-order valence-corrected chi connectivity index (χ2v) is 5.26. The van der Waals surface area contributed by atoms with Gasteiger partial charge in [-0.25, -0.2) is 0 Å². The third-order valence-corrected chi connectivity index (χ3v) is 3.32. The molecule has 0 rings (SSSR count). The molecule has 0 aliphatic carbocycles. The molecule has 0 aliphatic heterocycles. The minimum absolute atomic E-state index is 1.38. The molecule has 54 valence electrons. The van der Waals surface area contributed by atoms with Crippen molar-refractivity contribution in [2.45, 2.75) is 0 Å². The van der Waals surface area contributed by atoms with Gasteiger partial charge in [-0.05, 0) is 0 Å². The highest BCUT2D eigenvalue weighted by Gasteiger charge is 2.30. The van der Waals surface area contributed by atoms with E-state index in [4.69, 9.17) is 19.6 Å². The summed E-state index contributed by atoms with van der Waals surface area (Å²) in [6.45, 7) is -1.38. The Morgan fingerprint density at radius 1 is 0.889 bits per heavy atom. The maximum absolute atomic E-state index is 9.85. The molecule has 0 aromatic heterocycles. The van der Waals surface area contributed by atoms with E-state index in [1.54, 1.807) is 0 Å². The molecule has 9 heteroatoms. The van der Waals surface area contributed by atoms with E-state index in [-0.39, 0.29) is 0 Å². The Labute approximate surface area is 51.4 Å². The molecule has 0 fully saturated rings. The van der Waals surface area contributed by atoms with E-state index < -0.39 is 21.7 Å². The van der Waals surface area contributed by atoms with Crippen molar-refractivity contribution in [2.75, 3.05) is 0 Å². The van der Waals surface area contributed by atoms with Gasteiger partial charge < -0.3 is 19.6 Å². The molecule has 0 bridgehead atoms. The van der Waals surface area contributed by atoms with Crippen molar-refractivity contribution in [3.8, 4) is 0 Å². The Kier molecular flexibility index (Phi) is 2.64. The average Bonchev–Trinajstić information content (AvgIpc) is 1.14. The summed E-state index contributed by atoms with van der Waals surface area (Å²) in [5.74, 6) is 0. The van der Waals surface area contributed by atoms with Crippen LogP contribution in [0.3, 0.4) is 0 Å². The van der Waals surface area contributed by atoms with E-state index in [1.807, 2.05) is 0 Å². The third kappa shape index (κ3) is 8.36. The number of hydrogen-bond donors (Lipinski definition) is 4. The lowest BCUT2D eigenvalue weighted by molar-refractivity contribution is 0.386. The van der Waals surface area contributed by atoms with Crippen molar-refractivity contribution >= 4 is 21.7 Å². The molecule has 4 N–H and O–H groups in total. The Hall–Kier alpha value is 0.365.